The number of rotatable bonds is 2. The third-order valence-corrected chi connectivity index (χ3v) is 2.48. The van der Waals surface area contributed by atoms with Crippen LogP contribution in [0.15, 0.2) is 17.8 Å². The predicted octanol–water partition coefficient (Wildman–Crippen LogP) is 0.880. The van der Waals surface area contributed by atoms with Crippen LogP contribution in [-0.4, -0.2) is 36.9 Å². The fourth-order valence-electron chi connectivity index (χ4n) is 1.81. The first-order valence-electron chi connectivity index (χ1n) is 4.42. The van der Waals surface area contributed by atoms with Crippen LogP contribution in [0.25, 0.3) is 0 Å². The summed E-state index contributed by atoms with van der Waals surface area (Å²) in [6.07, 6.45) is 3.02. The van der Waals surface area contributed by atoms with Gasteiger partial charge < -0.3 is 4.84 Å². The van der Waals surface area contributed by atoms with Crippen LogP contribution in [-0.2, 0) is 4.84 Å². The van der Waals surface area contributed by atoms with Gasteiger partial charge in [0.15, 0.2) is 0 Å². The van der Waals surface area contributed by atoms with Gasteiger partial charge in [-0.05, 0) is 0 Å². The van der Waals surface area contributed by atoms with Gasteiger partial charge in [-0.1, -0.05) is 11.2 Å². The zero-order valence-electron chi connectivity index (χ0n) is 7.20. The lowest BCUT2D eigenvalue weighted by atomic mass is 9.97. The Bertz CT molecular complexity index is 213. The van der Waals surface area contributed by atoms with E-state index < -0.39 is 0 Å². The maximum atomic E-state index is 5.05. The Balaban J connectivity index is 1.93. The van der Waals surface area contributed by atoms with Gasteiger partial charge in [0.25, 0.3) is 0 Å². The predicted molar refractivity (Wildman–Crippen MR) is 48.1 cm³/mol. The molecule has 0 spiro atoms. The highest BCUT2D eigenvalue weighted by atomic mass is 16.6. The first-order valence-corrected chi connectivity index (χ1v) is 4.42. The van der Waals surface area contributed by atoms with Crippen molar-refractivity contribution < 1.29 is 4.84 Å². The molecule has 0 radical (unpaired) electrons. The van der Waals surface area contributed by atoms with Crippen LogP contribution in [0.5, 0.6) is 0 Å². The zero-order valence-corrected chi connectivity index (χ0v) is 7.20. The highest BCUT2D eigenvalue weighted by Gasteiger charge is 2.29. The largest absolute Gasteiger partial charge is 0.395 e. The fraction of sp³-hybridized carbons (Fsp3) is 0.667. The van der Waals surface area contributed by atoms with Gasteiger partial charge in [0, 0.05) is 26.1 Å². The second kappa shape index (κ2) is 3.27. The number of oxime groups is 1. The van der Waals surface area contributed by atoms with Gasteiger partial charge in [0.1, 0.15) is 6.61 Å². The van der Waals surface area contributed by atoms with E-state index in [2.05, 4.69) is 16.6 Å². The third-order valence-electron chi connectivity index (χ3n) is 2.48. The monoisotopic (exact) mass is 166 g/mol. The molecule has 2 aliphatic heterocycles. The molecule has 3 nitrogen and oxygen atoms in total. The van der Waals surface area contributed by atoms with Gasteiger partial charge in [-0.25, -0.2) is 0 Å². The van der Waals surface area contributed by atoms with E-state index in [1.54, 1.807) is 0 Å². The van der Waals surface area contributed by atoms with E-state index in [1.807, 2.05) is 6.08 Å². The Morgan fingerprint density at radius 1 is 1.75 bits per heavy atom. The number of piperidine rings is 1. The molecule has 1 saturated heterocycles. The van der Waals surface area contributed by atoms with Gasteiger partial charge in [0.2, 0.25) is 0 Å². The van der Waals surface area contributed by atoms with E-state index in [0.29, 0.717) is 5.92 Å². The molecule has 0 bridgehead atoms. The SMILES string of the molecule is C=CCN1CCC2=NOCC2C1. The molecule has 1 atom stereocenters. The molecule has 0 amide bonds. The minimum Gasteiger partial charge on any atom is -0.395 e. The van der Waals surface area contributed by atoms with Crippen molar-refractivity contribution in [2.45, 2.75) is 6.42 Å². The van der Waals surface area contributed by atoms with E-state index in [-0.39, 0.29) is 0 Å². The number of fused-ring (bicyclic) bond motifs is 1. The minimum absolute atomic E-state index is 0.554. The molecule has 0 N–H and O–H groups in total. The lowest BCUT2D eigenvalue weighted by Crippen LogP contribution is -2.40. The van der Waals surface area contributed by atoms with Crippen LogP contribution in [0.3, 0.4) is 0 Å². The topological polar surface area (TPSA) is 24.8 Å². The molecule has 0 saturated carbocycles. The first-order chi connectivity index (χ1) is 5.90. The van der Waals surface area contributed by atoms with Crippen molar-refractivity contribution >= 4 is 5.71 Å². The van der Waals surface area contributed by atoms with Crippen molar-refractivity contribution in [2.24, 2.45) is 11.1 Å². The summed E-state index contributed by atoms with van der Waals surface area (Å²) in [4.78, 5) is 7.45. The average Bonchev–Trinajstić information content (AvgIpc) is 2.51. The summed E-state index contributed by atoms with van der Waals surface area (Å²) in [5.41, 5.74) is 1.26. The number of hydrogen-bond acceptors (Lipinski definition) is 3. The van der Waals surface area contributed by atoms with E-state index in [4.69, 9.17) is 4.84 Å². The summed E-state index contributed by atoms with van der Waals surface area (Å²) < 4.78 is 0. The van der Waals surface area contributed by atoms with Crippen LogP contribution < -0.4 is 0 Å². The summed E-state index contributed by atoms with van der Waals surface area (Å²) in [5, 5.41) is 4.02. The highest BCUT2D eigenvalue weighted by Crippen LogP contribution is 2.19. The van der Waals surface area contributed by atoms with E-state index in [9.17, 15) is 0 Å². The molecule has 0 aliphatic carbocycles. The lowest BCUT2D eigenvalue weighted by Gasteiger charge is -2.28. The Hall–Kier alpha value is -0.830. The standard InChI is InChI=1S/C9H14N2O/c1-2-4-11-5-3-9-8(6-11)7-12-10-9/h2,8H,1,3-7H2. The maximum Gasteiger partial charge on any atom is 0.126 e. The molecule has 0 aromatic heterocycles. The van der Waals surface area contributed by atoms with Crippen LogP contribution in [0.2, 0.25) is 0 Å². The molecular weight excluding hydrogens is 152 g/mol. The third kappa shape index (κ3) is 1.37. The normalized spacial score (nSPS) is 29.0. The lowest BCUT2D eigenvalue weighted by molar-refractivity contribution is 0.140. The van der Waals surface area contributed by atoms with Gasteiger partial charge in [0.05, 0.1) is 11.6 Å². The Kier molecular flexibility index (Phi) is 2.13. The van der Waals surface area contributed by atoms with E-state index >= 15 is 0 Å². The van der Waals surface area contributed by atoms with Crippen molar-refractivity contribution in [1.82, 2.24) is 4.90 Å². The van der Waals surface area contributed by atoms with Crippen molar-refractivity contribution in [1.29, 1.82) is 0 Å². The molecule has 1 unspecified atom stereocenters. The van der Waals surface area contributed by atoms with Gasteiger partial charge in [-0.2, -0.15) is 0 Å². The Labute approximate surface area is 72.7 Å². The number of hydrogen-bond donors (Lipinski definition) is 0. The van der Waals surface area contributed by atoms with Crippen LogP contribution in [0, 0.1) is 5.92 Å². The summed E-state index contributed by atoms with van der Waals surface area (Å²) in [6.45, 7) is 7.70. The Morgan fingerprint density at radius 3 is 3.50 bits per heavy atom. The molecule has 12 heavy (non-hydrogen) atoms. The van der Waals surface area contributed by atoms with Crippen LogP contribution >= 0.6 is 0 Å². The summed E-state index contributed by atoms with van der Waals surface area (Å²) >= 11 is 0. The summed E-state index contributed by atoms with van der Waals surface area (Å²) in [7, 11) is 0. The van der Waals surface area contributed by atoms with Crippen LogP contribution in [0.4, 0.5) is 0 Å². The number of likely N-dealkylation sites (tertiary alicyclic amines) is 1. The second-order valence-corrected chi connectivity index (χ2v) is 3.37. The van der Waals surface area contributed by atoms with Crippen LogP contribution in [0.1, 0.15) is 6.42 Å². The molecule has 1 fully saturated rings. The maximum absolute atomic E-state index is 5.05. The average molecular weight is 166 g/mol. The highest BCUT2D eigenvalue weighted by molar-refractivity contribution is 5.88. The molecular formula is C9H14N2O. The zero-order chi connectivity index (χ0) is 8.39. The summed E-state index contributed by atoms with van der Waals surface area (Å²) in [5.74, 6) is 0.554. The molecule has 2 aliphatic rings. The second-order valence-electron chi connectivity index (χ2n) is 3.37. The van der Waals surface area contributed by atoms with Gasteiger partial charge in [-0.15, -0.1) is 6.58 Å². The minimum atomic E-state index is 0.554. The fourth-order valence-corrected chi connectivity index (χ4v) is 1.81. The molecule has 2 rings (SSSR count). The molecule has 0 aromatic carbocycles. The van der Waals surface area contributed by atoms with Crippen molar-refractivity contribution in [3.05, 3.63) is 12.7 Å². The number of nitrogens with zero attached hydrogens (tertiary/aromatic N) is 2. The Morgan fingerprint density at radius 2 is 2.67 bits per heavy atom. The summed E-state index contributed by atoms with van der Waals surface area (Å²) in [6, 6.07) is 0. The quantitative estimate of drug-likeness (QED) is 0.569. The molecule has 0 aromatic rings. The molecule has 66 valence electrons. The van der Waals surface area contributed by atoms with Crippen molar-refractivity contribution in [3.63, 3.8) is 0 Å². The smallest absolute Gasteiger partial charge is 0.126 e. The van der Waals surface area contributed by atoms with E-state index in [1.165, 1.54) is 5.71 Å². The van der Waals surface area contributed by atoms with Crippen molar-refractivity contribution in [3.8, 4) is 0 Å². The van der Waals surface area contributed by atoms with Crippen molar-refractivity contribution in [2.75, 3.05) is 26.2 Å². The first kappa shape index (κ1) is 7.80. The molecule has 2 heterocycles. The molecule has 3 heteroatoms. The van der Waals surface area contributed by atoms with Gasteiger partial charge in [-0.3, -0.25) is 4.90 Å². The van der Waals surface area contributed by atoms with E-state index in [0.717, 1.165) is 32.7 Å². The van der Waals surface area contributed by atoms with Gasteiger partial charge >= 0.3 is 0 Å².